The maximum Gasteiger partial charge on any atom is -0.00248 e. The van der Waals surface area contributed by atoms with Gasteiger partial charge in [0.1, 0.15) is 0 Å². The first-order valence-electron chi connectivity index (χ1n) is 4.77. The summed E-state index contributed by atoms with van der Waals surface area (Å²) >= 11 is 0. The molecule has 1 heteroatoms. The third kappa shape index (κ3) is 9.96. The fraction of sp³-hybridized carbons (Fsp3) is 1.00. The van der Waals surface area contributed by atoms with E-state index in [1.165, 1.54) is 32.2 Å². The Bertz CT molecular complexity index is 66.9. The summed E-state index contributed by atoms with van der Waals surface area (Å²) in [6.07, 6.45) is 5.56. The van der Waals surface area contributed by atoms with Gasteiger partial charge in [0.2, 0.25) is 0 Å². The molecule has 0 fully saturated rings. The van der Waals surface area contributed by atoms with Crippen LogP contribution in [-0.4, -0.2) is 25.5 Å². The van der Waals surface area contributed by atoms with Gasteiger partial charge in [0.25, 0.3) is 0 Å². The summed E-state index contributed by atoms with van der Waals surface area (Å²) in [5, 5.41) is 0. The fourth-order valence-corrected chi connectivity index (χ4v) is 1.16. The van der Waals surface area contributed by atoms with E-state index in [4.69, 9.17) is 0 Å². The topological polar surface area (TPSA) is 3.24 Å². The average molecular weight is 157 g/mol. The van der Waals surface area contributed by atoms with Crippen LogP contribution < -0.4 is 0 Å². The molecule has 1 nitrogen and oxygen atoms in total. The summed E-state index contributed by atoms with van der Waals surface area (Å²) in [6, 6.07) is 0. The van der Waals surface area contributed by atoms with Crippen molar-refractivity contribution in [1.29, 1.82) is 0 Å². The molecular formula is C10H23N. The van der Waals surface area contributed by atoms with E-state index in [2.05, 4.69) is 32.8 Å². The van der Waals surface area contributed by atoms with Gasteiger partial charge in [-0.3, -0.25) is 0 Å². The van der Waals surface area contributed by atoms with Crippen molar-refractivity contribution in [3.63, 3.8) is 0 Å². The molecule has 0 aromatic rings. The highest BCUT2D eigenvalue weighted by molar-refractivity contribution is 4.49. The molecule has 0 N–H and O–H groups in total. The average Bonchev–Trinajstić information content (AvgIpc) is 1.85. The highest BCUT2D eigenvalue weighted by Crippen LogP contribution is 2.07. The van der Waals surface area contributed by atoms with Crippen molar-refractivity contribution in [3.05, 3.63) is 0 Å². The molecule has 0 heterocycles. The minimum absolute atomic E-state index is 0.884. The summed E-state index contributed by atoms with van der Waals surface area (Å²) < 4.78 is 0. The van der Waals surface area contributed by atoms with E-state index in [1.807, 2.05) is 0 Å². The van der Waals surface area contributed by atoms with Gasteiger partial charge in [0.15, 0.2) is 0 Å². The maximum atomic E-state index is 2.30. The molecule has 68 valence electrons. The lowest BCUT2D eigenvalue weighted by Crippen LogP contribution is -2.12. The molecule has 0 aromatic carbocycles. The van der Waals surface area contributed by atoms with E-state index in [-0.39, 0.29) is 0 Å². The number of hydrogen-bond donors (Lipinski definition) is 0. The van der Waals surface area contributed by atoms with Gasteiger partial charge >= 0.3 is 0 Å². The number of hydrogen-bond acceptors (Lipinski definition) is 1. The quantitative estimate of drug-likeness (QED) is 0.536. The zero-order valence-corrected chi connectivity index (χ0v) is 8.56. The van der Waals surface area contributed by atoms with Crippen LogP contribution in [0.5, 0.6) is 0 Å². The first-order chi connectivity index (χ1) is 5.13. The number of unbranched alkanes of at least 4 members (excludes halogenated alkanes) is 2. The molecule has 0 aliphatic rings. The highest BCUT2D eigenvalue weighted by Gasteiger charge is 1.94. The Morgan fingerprint density at radius 1 is 1.00 bits per heavy atom. The van der Waals surface area contributed by atoms with E-state index < -0.39 is 0 Å². The van der Waals surface area contributed by atoms with Crippen molar-refractivity contribution in [3.8, 4) is 0 Å². The molecule has 11 heavy (non-hydrogen) atoms. The molecular weight excluding hydrogens is 134 g/mol. The molecule has 0 aromatic heterocycles. The summed E-state index contributed by atoms with van der Waals surface area (Å²) in [6.45, 7) is 5.84. The predicted octanol–water partition coefficient (Wildman–Crippen LogP) is 2.76. The second-order valence-corrected chi connectivity index (χ2v) is 4.05. The lowest BCUT2D eigenvalue weighted by molar-refractivity contribution is 0.386. The van der Waals surface area contributed by atoms with Crippen LogP contribution in [0.25, 0.3) is 0 Å². The number of nitrogens with zero attached hydrogens (tertiary/aromatic N) is 1. The zero-order chi connectivity index (χ0) is 8.69. The lowest BCUT2D eigenvalue weighted by Gasteiger charge is -2.09. The van der Waals surface area contributed by atoms with Crippen molar-refractivity contribution in [2.75, 3.05) is 20.6 Å². The Kier molecular flexibility index (Phi) is 6.63. The predicted molar refractivity (Wildman–Crippen MR) is 51.9 cm³/mol. The van der Waals surface area contributed by atoms with Crippen LogP contribution >= 0.6 is 0 Å². The first-order valence-corrected chi connectivity index (χ1v) is 4.77. The Labute approximate surface area is 71.8 Å². The van der Waals surface area contributed by atoms with Crippen molar-refractivity contribution < 1.29 is 0 Å². The molecule has 0 aliphatic carbocycles. The standard InChI is InChI=1S/C10H23N/c1-10(2)8-6-5-7-9-11(3)4/h10H,5-9H2,1-4H3. The van der Waals surface area contributed by atoms with Gasteiger partial charge in [-0.25, -0.2) is 0 Å². The van der Waals surface area contributed by atoms with Gasteiger partial charge in [-0.15, -0.1) is 0 Å². The molecule has 0 amide bonds. The smallest absolute Gasteiger partial charge is 0.00248 e. The molecule has 0 saturated carbocycles. The fourth-order valence-electron chi connectivity index (χ4n) is 1.16. The minimum Gasteiger partial charge on any atom is -0.309 e. The van der Waals surface area contributed by atoms with Crippen molar-refractivity contribution in [2.24, 2.45) is 5.92 Å². The van der Waals surface area contributed by atoms with Crippen molar-refractivity contribution in [2.45, 2.75) is 39.5 Å². The Morgan fingerprint density at radius 2 is 1.64 bits per heavy atom. The van der Waals surface area contributed by atoms with Crippen LogP contribution in [-0.2, 0) is 0 Å². The lowest BCUT2D eigenvalue weighted by atomic mass is 10.1. The van der Waals surface area contributed by atoms with E-state index in [0.29, 0.717) is 0 Å². The Hall–Kier alpha value is -0.0400. The highest BCUT2D eigenvalue weighted by atomic mass is 15.0. The second-order valence-electron chi connectivity index (χ2n) is 4.05. The first kappa shape index (κ1) is 11.0. The van der Waals surface area contributed by atoms with Crippen LogP contribution in [0.4, 0.5) is 0 Å². The monoisotopic (exact) mass is 157 g/mol. The largest absolute Gasteiger partial charge is 0.309 e. The van der Waals surface area contributed by atoms with Crippen LogP contribution in [0.15, 0.2) is 0 Å². The van der Waals surface area contributed by atoms with Crippen LogP contribution in [0.3, 0.4) is 0 Å². The van der Waals surface area contributed by atoms with Gasteiger partial charge in [0, 0.05) is 0 Å². The van der Waals surface area contributed by atoms with Crippen LogP contribution in [0.2, 0.25) is 0 Å². The molecule has 0 saturated heterocycles. The molecule has 0 rings (SSSR count). The molecule has 0 bridgehead atoms. The molecule has 0 unspecified atom stereocenters. The third-order valence-corrected chi connectivity index (χ3v) is 1.89. The Morgan fingerprint density at radius 3 is 2.09 bits per heavy atom. The maximum absolute atomic E-state index is 2.30. The SMILES string of the molecule is CC(C)CCCCCN(C)C. The Balaban J connectivity index is 2.91. The van der Waals surface area contributed by atoms with Gasteiger partial charge in [0.05, 0.1) is 0 Å². The van der Waals surface area contributed by atoms with Gasteiger partial charge in [-0.05, 0) is 33.0 Å². The van der Waals surface area contributed by atoms with E-state index in [0.717, 1.165) is 5.92 Å². The van der Waals surface area contributed by atoms with E-state index >= 15 is 0 Å². The molecule has 0 aliphatic heterocycles. The van der Waals surface area contributed by atoms with Crippen LogP contribution in [0, 0.1) is 5.92 Å². The summed E-state index contributed by atoms with van der Waals surface area (Å²) in [4.78, 5) is 2.26. The zero-order valence-electron chi connectivity index (χ0n) is 8.56. The van der Waals surface area contributed by atoms with E-state index in [1.54, 1.807) is 0 Å². The molecule has 0 radical (unpaired) electrons. The summed E-state index contributed by atoms with van der Waals surface area (Å²) in [5.74, 6) is 0.884. The van der Waals surface area contributed by atoms with Gasteiger partial charge in [-0.1, -0.05) is 33.1 Å². The van der Waals surface area contributed by atoms with E-state index in [9.17, 15) is 0 Å². The molecule has 0 atom stereocenters. The van der Waals surface area contributed by atoms with Crippen LogP contribution in [0.1, 0.15) is 39.5 Å². The second kappa shape index (κ2) is 6.66. The van der Waals surface area contributed by atoms with Gasteiger partial charge < -0.3 is 4.90 Å². The van der Waals surface area contributed by atoms with Crippen molar-refractivity contribution >= 4 is 0 Å². The summed E-state index contributed by atoms with van der Waals surface area (Å²) in [7, 11) is 4.28. The van der Waals surface area contributed by atoms with Crippen molar-refractivity contribution in [1.82, 2.24) is 4.90 Å². The summed E-state index contributed by atoms with van der Waals surface area (Å²) in [5.41, 5.74) is 0. The third-order valence-electron chi connectivity index (χ3n) is 1.89. The number of rotatable bonds is 6. The minimum atomic E-state index is 0.884. The molecule has 0 spiro atoms. The normalized spacial score (nSPS) is 11.5. The van der Waals surface area contributed by atoms with Gasteiger partial charge in [-0.2, -0.15) is 0 Å².